The second-order valence-corrected chi connectivity index (χ2v) is 3.89. The molecule has 1 atom stereocenters. The fraction of sp³-hybridized carbons (Fsp3) is 0.154. The largest absolute Gasteiger partial charge is 0.476 e. The smallest absolute Gasteiger partial charge is 0.356 e. The number of carboxylic acid groups (broad SMARTS) is 1. The third kappa shape index (κ3) is 2.82. The van der Waals surface area contributed by atoms with Gasteiger partial charge in [0.1, 0.15) is 5.82 Å². The minimum Gasteiger partial charge on any atom is -0.476 e. The first-order valence-electron chi connectivity index (χ1n) is 5.55. The van der Waals surface area contributed by atoms with E-state index in [9.17, 15) is 4.79 Å². The van der Waals surface area contributed by atoms with E-state index < -0.39 is 5.97 Å². The fourth-order valence-corrected chi connectivity index (χ4v) is 1.57. The first kappa shape index (κ1) is 12.0. The lowest BCUT2D eigenvalue weighted by Crippen LogP contribution is -2.10. The molecule has 1 aromatic carbocycles. The third-order valence-electron chi connectivity index (χ3n) is 2.55. The van der Waals surface area contributed by atoms with Gasteiger partial charge in [0, 0.05) is 6.04 Å². The standard InChI is InChI=1S/C13H13N3O2/c1-9(10-5-3-2-4-6-10)14-12-8-7-11(13(17)18)15-16-12/h2-9H,1H3,(H,14,16)(H,17,18)/t9-/m1/s1. The van der Waals surface area contributed by atoms with Gasteiger partial charge in [0.2, 0.25) is 0 Å². The third-order valence-corrected chi connectivity index (χ3v) is 2.55. The summed E-state index contributed by atoms with van der Waals surface area (Å²) < 4.78 is 0. The molecule has 0 radical (unpaired) electrons. The van der Waals surface area contributed by atoms with Gasteiger partial charge in [0.15, 0.2) is 5.69 Å². The van der Waals surface area contributed by atoms with Gasteiger partial charge in [-0.15, -0.1) is 10.2 Å². The lowest BCUT2D eigenvalue weighted by atomic mass is 10.1. The molecular formula is C13H13N3O2. The van der Waals surface area contributed by atoms with E-state index in [-0.39, 0.29) is 11.7 Å². The van der Waals surface area contributed by atoms with Crippen molar-refractivity contribution in [2.24, 2.45) is 0 Å². The second kappa shape index (κ2) is 5.27. The lowest BCUT2D eigenvalue weighted by molar-refractivity contribution is 0.0689. The molecule has 0 aliphatic rings. The Hall–Kier alpha value is -2.43. The number of nitrogens with one attached hydrogen (secondary N) is 1. The van der Waals surface area contributed by atoms with Crippen LogP contribution in [0.4, 0.5) is 5.82 Å². The van der Waals surface area contributed by atoms with Crippen molar-refractivity contribution >= 4 is 11.8 Å². The number of aromatic nitrogens is 2. The van der Waals surface area contributed by atoms with Crippen molar-refractivity contribution in [3.63, 3.8) is 0 Å². The van der Waals surface area contributed by atoms with Crippen LogP contribution in [-0.2, 0) is 0 Å². The van der Waals surface area contributed by atoms with E-state index >= 15 is 0 Å². The average molecular weight is 243 g/mol. The summed E-state index contributed by atoms with van der Waals surface area (Å²) in [6, 6.07) is 13.0. The van der Waals surface area contributed by atoms with E-state index in [4.69, 9.17) is 5.11 Å². The van der Waals surface area contributed by atoms with Crippen LogP contribution in [0.5, 0.6) is 0 Å². The molecule has 92 valence electrons. The highest BCUT2D eigenvalue weighted by atomic mass is 16.4. The zero-order chi connectivity index (χ0) is 13.0. The molecule has 2 N–H and O–H groups in total. The highest BCUT2D eigenvalue weighted by Crippen LogP contribution is 2.16. The molecule has 0 saturated heterocycles. The fourth-order valence-electron chi connectivity index (χ4n) is 1.57. The molecule has 1 aromatic heterocycles. The van der Waals surface area contributed by atoms with Crippen molar-refractivity contribution in [1.29, 1.82) is 0 Å². The van der Waals surface area contributed by atoms with Gasteiger partial charge < -0.3 is 10.4 Å². The van der Waals surface area contributed by atoms with Crippen molar-refractivity contribution in [3.8, 4) is 0 Å². The van der Waals surface area contributed by atoms with E-state index in [1.54, 1.807) is 6.07 Å². The van der Waals surface area contributed by atoms with Crippen LogP contribution >= 0.6 is 0 Å². The SMILES string of the molecule is C[C@@H](Nc1ccc(C(=O)O)nn1)c1ccccc1. The summed E-state index contributed by atoms with van der Waals surface area (Å²) in [7, 11) is 0. The van der Waals surface area contributed by atoms with Crippen molar-refractivity contribution in [2.75, 3.05) is 5.32 Å². The molecule has 0 aliphatic carbocycles. The van der Waals surface area contributed by atoms with E-state index in [0.29, 0.717) is 5.82 Å². The van der Waals surface area contributed by atoms with Crippen LogP contribution in [-0.4, -0.2) is 21.3 Å². The number of anilines is 1. The average Bonchev–Trinajstić information content (AvgIpc) is 2.40. The molecule has 2 rings (SSSR count). The Kier molecular flexibility index (Phi) is 3.52. The Morgan fingerprint density at radius 3 is 2.44 bits per heavy atom. The zero-order valence-corrected chi connectivity index (χ0v) is 9.87. The lowest BCUT2D eigenvalue weighted by Gasteiger charge is -2.14. The number of carbonyl (C=O) groups is 1. The van der Waals surface area contributed by atoms with Gasteiger partial charge in [-0.25, -0.2) is 4.79 Å². The number of hydrogen-bond acceptors (Lipinski definition) is 4. The molecule has 0 spiro atoms. The molecule has 0 fully saturated rings. The number of rotatable bonds is 4. The monoisotopic (exact) mass is 243 g/mol. The Balaban J connectivity index is 2.08. The molecule has 18 heavy (non-hydrogen) atoms. The summed E-state index contributed by atoms with van der Waals surface area (Å²) >= 11 is 0. The van der Waals surface area contributed by atoms with E-state index in [0.717, 1.165) is 5.56 Å². The Labute approximate surface area is 104 Å². The molecule has 0 bridgehead atoms. The normalized spacial score (nSPS) is 11.8. The topological polar surface area (TPSA) is 75.1 Å². The summed E-state index contributed by atoms with van der Waals surface area (Å²) in [5.41, 5.74) is 1.06. The van der Waals surface area contributed by atoms with Crippen molar-refractivity contribution < 1.29 is 9.90 Å². The van der Waals surface area contributed by atoms with Gasteiger partial charge in [-0.1, -0.05) is 30.3 Å². The number of aromatic carboxylic acids is 1. The first-order chi connectivity index (χ1) is 8.66. The molecule has 0 aliphatic heterocycles. The second-order valence-electron chi connectivity index (χ2n) is 3.89. The quantitative estimate of drug-likeness (QED) is 0.862. The van der Waals surface area contributed by atoms with E-state index in [1.165, 1.54) is 6.07 Å². The van der Waals surface area contributed by atoms with Crippen LogP contribution in [0.25, 0.3) is 0 Å². The van der Waals surface area contributed by atoms with Crippen LogP contribution in [0.3, 0.4) is 0 Å². The van der Waals surface area contributed by atoms with Crippen LogP contribution in [0.15, 0.2) is 42.5 Å². The Morgan fingerprint density at radius 1 is 1.17 bits per heavy atom. The summed E-state index contributed by atoms with van der Waals surface area (Å²) in [4.78, 5) is 10.6. The number of benzene rings is 1. The Morgan fingerprint density at radius 2 is 1.89 bits per heavy atom. The van der Waals surface area contributed by atoms with Crippen molar-refractivity contribution in [1.82, 2.24) is 10.2 Å². The van der Waals surface area contributed by atoms with Gasteiger partial charge in [-0.05, 0) is 24.6 Å². The van der Waals surface area contributed by atoms with Crippen LogP contribution < -0.4 is 5.32 Å². The van der Waals surface area contributed by atoms with Crippen molar-refractivity contribution in [3.05, 3.63) is 53.7 Å². The van der Waals surface area contributed by atoms with Gasteiger partial charge in [0.25, 0.3) is 0 Å². The predicted octanol–water partition coefficient (Wildman–Crippen LogP) is 2.35. The minimum atomic E-state index is -1.08. The van der Waals surface area contributed by atoms with Crippen LogP contribution in [0.2, 0.25) is 0 Å². The molecule has 0 amide bonds. The maximum Gasteiger partial charge on any atom is 0.356 e. The predicted molar refractivity (Wildman–Crippen MR) is 67.5 cm³/mol. The van der Waals surface area contributed by atoms with E-state index in [2.05, 4.69) is 15.5 Å². The van der Waals surface area contributed by atoms with Crippen LogP contribution in [0, 0.1) is 0 Å². The molecule has 5 heteroatoms. The summed E-state index contributed by atoms with van der Waals surface area (Å²) in [6.07, 6.45) is 0. The highest BCUT2D eigenvalue weighted by molar-refractivity contribution is 5.85. The maximum absolute atomic E-state index is 10.6. The number of hydrogen-bond donors (Lipinski definition) is 2. The minimum absolute atomic E-state index is 0.0621. The van der Waals surface area contributed by atoms with E-state index in [1.807, 2.05) is 37.3 Å². The molecule has 0 saturated carbocycles. The number of carboxylic acids is 1. The van der Waals surface area contributed by atoms with Gasteiger partial charge in [-0.3, -0.25) is 0 Å². The van der Waals surface area contributed by atoms with Gasteiger partial charge in [0.05, 0.1) is 0 Å². The number of nitrogens with zero attached hydrogens (tertiary/aromatic N) is 2. The van der Waals surface area contributed by atoms with Gasteiger partial charge in [-0.2, -0.15) is 0 Å². The van der Waals surface area contributed by atoms with Crippen molar-refractivity contribution in [2.45, 2.75) is 13.0 Å². The van der Waals surface area contributed by atoms with Gasteiger partial charge >= 0.3 is 5.97 Å². The highest BCUT2D eigenvalue weighted by Gasteiger charge is 2.08. The first-order valence-corrected chi connectivity index (χ1v) is 5.55. The summed E-state index contributed by atoms with van der Waals surface area (Å²) in [6.45, 7) is 2.00. The van der Waals surface area contributed by atoms with Crippen LogP contribution in [0.1, 0.15) is 29.0 Å². The maximum atomic E-state index is 10.6. The Bertz CT molecular complexity index is 526. The zero-order valence-electron chi connectivity index (χ0n) is 9.87. The summed E-state index contributed by atoms with van der Waals surface area (Å²) in [5.74, 6) is -0.526. The molecule has 5 nitrogen and oxygen atoms in total. The molecular weight excluding hydrogens is 230 g/mol. The summed E-state index contributed by atoms with van der Waals surface area (Å²) in [5, 5.41) is 19.3. The molecule has 0 unspecified atom stereocenters. The molecule has 1 heterocycles. The molecule has 2 aromatic rings.